The number of carbonyl (C=O) groups is 3. The number of alkyl halides is 2. The Morgan fingerprint density at radius 2 is 1.82 bits per heavy atom. The van der Waals surface area contributed by atoms with Crippen LogP contribution in [0, 0.1) is 5.92 Å². The van der Waals surface area contributed by atoms with Crippen molar-refractivity contribution in [2.24, 2.45) is 5.92 Å². The molecule has 1 N–H and O–H groups in total. The van der Waals surface area contributed by atoms with E-state index in [-0.39, 0.29) is 52.1 Å². The lowest BCUT2D eigenvalue weighted by molar-refractivity contribution is -0.133. The first kappa shape index (κ1) is 36.0. The lowest BCUT2D eigenvalue weighted by atomic mass is 9.96. The Morgan fingerprint density at radius 3 is 2.53 bits per heavy atom. The zero-order chi connectivity index (χ0) is 36.1. The summed E-state index contributed by atoms with van der Waals surface area (Å²) >= 11 is 1.53. The predicted octanol–water partition coefficient (Wildman–Crippen LogP) is 4.57. The third-order valence-corrected chi connectivity index (χ3v) is 9.91. The molecule has 6 rings (SSSR count). The maximum atomic E-state index is 13.6. The zero-order valence-corrected chi connectivity index (χ0v) is 29.5. The molecule has 3 aromatic heterocycles. The largest absolute Gasteiger partial charge is 0.453 e. The lowest BCUT2D eigenvalue weighted by Crippen LogP contribution is -2.50. The number of likely N-dealkylation sites (tertiary alicyclic amines) is 1. The number of benzene rings is 1. The number of aromatic nitrogens is 5. The maximum absolute atomic E-state index is 13.6. The highest BCUT2D eigenvalue weighted by molar-refractivity contribution is 7.99. The monoisotopic (exact) mass is 725 g/mol. The van der Waals surface area contributed by atoms with Gasteiger partial charge in [0.2, 0.25) is 5.91 Å². The second-order valence-corrected chi connectivity index (χ2v) is 14.4. The molecule has 0 spiro atoms. The second kappa shape index (κ2) is 16.1. The number of hydrogen-bond acceptors (Lipinski definition) is 10. The minimum atomic E-state index is -3.09. The molecule has 0 atom stereocenters. The number of piperidine rings is 1. The van der Waals surface area contributed by atoms with Crippen LogP contribution in [0.1, 0.15) is 37.0 Å². The van der Waals surface area contributed by atoms with Gasteiger partial charge < -0.3 is 24.6 Å². The number of amides is 3. The number of nitrogens with zero attached hydrogens (tertiary/aromatic N) is 8. The molecule has 2 aliphatic heterocycles. The Morgan fingerprint density at radius 1 is 1.06 bits per heavy atom. The first-order chi connectivity index (χ1) is 24.6. The fraction of sp³-hybridized carbons (Fsp3) is 0.471. The summed E-state index contributed by atoms with van der Waals surface area (Å²) in [6.45, 7) is 5.73. The molecule has 4 aromatic rings. The van der Waals surface area contributed by atoms with Gasteiger partial charge in [-0.25, -0.2) is 14.3 Å². The minimum Gasteiger partial charge on any atom is -0.453 e. The molecule has 2 aliphatic rings. The van der Waals surface area contributed by atoms with E-state index in [1.165, 1.54) is 46.5 Å². The van der Waals surface area contributed by atoms with Gasteiger partial charge in [-0.2, -0.15) is 19.0 Å². The predicted molar refractivity (Wildman–Crippen MR) is 186 cm³/mol. The number of methoxy groups -OCH3 is 1. The SMILES string of the molecule is COC(=O)N1CCN(CC2CCN(C(=O)Cn3cc(NC(=O)c4cnn5cccnc45)c(-c4cc(SC(C)C)ccc4OC(F)F)n3)CC2)CC1. The van der Waals surface area contributed by atoms with Crippen molar-refractivity contribution < 1.29 is 32.6 Å². The molecule has 0 aliphatic carbocycles. The molecular formula is C34H41F2N9O5S. The van der Waals surface area contributed by atoms with Crippen LogP contribution in [0.25, 0.3) is 16.9 Å². The molecule has 0 saturated carbocycles. The van der Waals surface area contributed by atoms with Crippen LogP contribution in [0.3, 0.4) is 0 Å². The minimum absolute atomic E-state index is 0.114. The van der Waals surface area contributed by atoms with E-state index < -0.39 is 12.5 Å². The zero-order valence-electron chi connectivity index (χ0n) is 28.7. The number of hydrogen-bond donors (Lipinski definition) is 1. The molecule has 0 unspecified atom stereocenters. The van der Waals surface area contributed by atoms with E-state index in [1.54, 1.807) is 40.4 Å². The number of piperazine rings is 1. The van der Waals surface area contributed by atoms with Gasteiger partial charge in [-0.05, 0) is 43.0 Å². The highest BCUT2D eigenvalue weighted by Crippen LogP contribution is 2.39. The first-order valence-corrected chi connectivity index (χ1v) is 17.7. The summed E-state index contributed by atoms with van der Waals surface area (Å²) < 4.78 is 39.7. The average Bonchev–Trinajstić information content (AvgIpc) is 3.72. The van der Waals surface area contributed by atoms with Crippen molar-refractivity contribution in [2.75, 3.05) is 58.2 Å². The molecule has 1 aromatic carbocycles. The molecule has 272 valence electrons. The van der Waals surface area contributed by atoms with Crippen molar-refractivity contribution in [1.82, 2.24) is 39.1 Å². The summed E-state index contributed by atoms with van der Waals surface area (Å²) in [5.41, 5.74) is 1.16. The van der Waals surface area contributed by atoms with Gasteiger partial charge in [-0.3, -0.25) is 19.2 Å². The Hall–Kier alpha value is -4.77. The van der Waals surface area contributed by atoms with Crippen molar-refractivity contribution in [1.29, 1.82) is 0 Å². The molecule has 3 amide bonds. The highest BCUT2D eigenvalue weighted by atomic mass is 32.2. The summed E-state index contributed by atoms with van der Waals surface area (Å²) in [5, 5.41) is 11.9. The summed E-state index contributed by atoms with van der Waals surface area (Å²) in [6.07, 6.45) is 7.52. The smallest absolute Gasteiger partial charge is 0.409 e. The van der Waals surface area contributed by atoms with Crippen LogP contribution in [0.15, 0.2) is 53.9 Å². The molecule has 0 radical (unpaired) electrons. The van der Waals surface area contributed by atoms with Gasteiger partial charge in [0.15, 0.2) is 5.65 Å². The van der Waals surface area contributed by atoms with Crippen molar-refractivity contribution in [3.63, 3.8) is 0 Å². The van der Waals surface area contributed by atoms with Gasteiger partial charge in [0.05, 0.1) is 19.0 Å². The summed E-state index contributed by atoms with van der Waals surface area (Å²) in [5.74, 6) is -0.368. The van der Waals surface area contributed by atoms with Gasteiger partial charge in [0.1, 0.15) is 23.6 Å². The number of anilines is 1. The van der Waals surface area contributed by atoms with Crippen LogP contribution in [0.2, 0.25) is 0 Å². The van der Waals surface area contributed by atoms with Gasteiger partial charge >= 0.3 is 12.7 Å². The number of ether oxygens (including phenoxy) is 2. The Labute approximate surface area is 298 Å². The maximum Gasteiger partial charge on any atom is 0.409 e. The number of nitrogens with one attached hydrogen (secondary N) is 1. The summed E-state index contributed by atoms with van der Waals surface area (Å²) in [6, 6.07) is 6.54. The molecule has 5 heterocycles. The van der Waals surface area contributed by atoms with Crippen LogP contribution >= 0.6 is 11.8 Å². The van der Waals surface area contributed by atoms with Gasteiger partial charge in [-0.15, -0.1) is 11.8 Å². The molecule has 0 bridgehead atoms. The van der Waals surface area contributed by atoms with E-state index in [9.17, 15) is 23.2 Å². The average molecular weight is 726 g/mol. The Balaban J connectivity index is 1.19. The first-order valence-electron chi connectivity index (χ1n) is 16.8. The number of thioether (sulfide) groups is 1. The third kappa shape index (κ3) is 8.76. The lowest BCUT2D eigenvalue weighted by Gasteiger charge is -2.38. The Kier molecular flexibility index (Phi) is 11.3. The van der Waals surface area contributed by atoms with Gasteiger partial charge in [0, 0.05) is 80.1 Å². The number of rotatable bonds is 11. The van der Waals surface area contributed by atoms with Gasteiger partial charge in [0.25, 0.3) is 5.91 Å². The van der Waals surface area contributed by atoms with Crippen LogP contribution in [-0.4, -0.2) is 122 Å². The molecular weight excluding hydrogens is 684 g/mol. The normalized spacial score (nSPS) is 15.9. The molecule has 51 heavy (non-hydrogen) atoms. The van der Waals surface area contributed by atoms with E-state index in [4.69, 9.17) is 9.47 Å². The quantitative estimate of drug-likeness (QED) is 0.219. The third-order valence-electron chi connectivity index (χ3n) is 8.91. The summed E-state index contributed by atoms with van der Waals surface area (Å²) in [7, 11) is 1.39. The highest BCUT2D eigenvalue weighted by Gasteiger charge is 2.28. The molecule has 2 fully saturated rings. The van der Waals surface area contributed by atoms with Crippen LogP contribution in [-0.2, 0) is 16.1 Å². The van der Waals surface area contributed by atoms with Crippen molar-refractivity contribution in [3.8, 4) is 17.0 Å². The molecule has 14 nitrogen and oxygen atoms in total. The van der Waals surface area contributed by atoms with Crippen LogP contribution < -0.4 is 10.1 Å². The fourth-order valence-electron chi connectivity index (χ4n) is 6.42. The standard InChI is InChI=1S/C34H41F2N9O5S/c1-22(2)51-24-5-6-28(50-33(35)36)25(17-24)30-27(39-32(47)26-18-38-45-10-4-9-37-31(26)45)20-44(40-30)21-29(46)42-11-7-23(8-12-42)19-41-13-15-43(16-14-41)34(48)49-3/h4-6,9-10,17-18,20,22-23,33H,7-8,11-16,19,21H2,1-3H3,(H,39,47). The van der Waals surface area contributed by atoms with Crippen LogP contribution in [0.4, 0.5) is 19.3 Å². The number of halogens is 2. The second-order valence-electron chi connectivity index (χ2n) is 12.8. The van der Waals surface area contributed by atoms with Crippen LogP contribution in [0.5, 0.6) is 5.75 Å². The van der Waals surface area contributed by atoms with E-state index in [0.29, 0.717) is 37.7 Å². The molecule has 2 saturated heterocycles. The number of carbonyl (C=O) groups excluding carboxylic acids is 3. The van der Waals surface area contributed by atoms with E-state index >= 15 is 0 Å². The van der Waals surface area contributed by atoms with Crippen molar-refractivity contribution in [2.45, 2.75) is 50.0 Å². The van der Waals surface area contributed by atoms with Crippen molar-refractivity contribution in [3.05, 3.63) is 54.6 Å². The van der Waals surface area contributed by atoms with Crippen molar-refractivity contribution >= 4 is 41.0 Å². The van der Waals surface area contributed by atoms with E-state index in [2.05, 4.69) is 25.4 Å². The molecule has 17 heteroatoms. The topological polar surface area (TPSA) is 139 Å². The fourth-order valence-corrected chi connectivity index (χ4v) is 7.30. The van der Waals surface area contributed by atoms with E-state index in [1.807, 2.05) is 13.8 Å². The summed E-state index contributed by atoms with van der Waals surface area (Å²) in [4.78, 5) is 49.9. The Bertz CT molecular complexity index is 1850. The van der Waals surface area contributed by atoms with Gasteiger partial charge in [-0.1, -0.05) is 13.8 Å². The number of fused-ring (bicyclic) bond motifs is 1. The van der Waals surface area contributed by atoms with E-state index in [0.717, 1.165) is 37.4 Å².